The van der Waals surface area contributed by atoms with E-state index in [2.05, 4.69) is 0 Å². The molecule has 2 aromatic carbocycles. The van der Waals surface area contributed by atoms with Crippen molar-refractivity contribution in [3.05, 3.63) is 63.8 Å². The first-order valence-electron chi connectivity index (χ1n) is 7.85. The second kappa shape index (κ2) is 7.68. The molecule has 0 amide bonds. The molecule has 0 atom stereocenters. The maximum Gasteiger partial charge on any atom is 0.348 e. The van der Waals surface area contributed by atoms with Gasteiger partial charge in [-0.3, -0.25) is 0 Å². The van der Waals surface area contributed by atoms with Gasteiger partial charge in [-0.05, 0) is 31.2 Å². The van der Waals surface area contributed by atoms with E-state index in [1.807, 2.05) is 0 Å². The van der Waals surface area contributed by atoms with Gasteiger partial charge in [0, 0.05) is 15.6 Å². The summed E-state index contributed by atoms with van der Waals surface area (Å²) in [6, 6.07) is 7.63. The van der Waals surface area contributed by atoms with E-state index in [9.17, 15) is 18.0 Å². The van der Waals surface area contributed by atoms with Crippen molar-refractivity contribution in [2.45, 2.75) is 13.5 Å². The molecule has 0 fully saturated rings. The third kappa shape index (κ3) is 3.59. The van der Waals surface area contributed by atoms with E-state index < -0.39 is 35.8 Å². The molecular weight excluding hydrogens is 379 g/mol. The van der Waals surface area contributed by atoms with Crippen molar-refractivity contribution in [1.82, 2.24) is 0 Å². The molecule has 0 bridgehead atoms. The van der Waals surface area contributed by atoms with Gasteiger partial charge < -0.3 is 9.47 Å². The molecule has 27 heavy (non-hydrogen) atoms. The van der Waals surface area contributed by atoms with Crippen molar-refractivity contribution in [3.63, 3.8) is 0 Å². The smallest absolute Gasteiger partial charge is 0.348 e. The number of esters is 1. The molecule has 0 spiro atoms. The summed E-state index contributed by atoms with van der Waals surface area (Å²) in [5.74, 6) is -4.09. The van der Waals surface area contributed by atoms with Crippen molar-refractivity contribution in [2.24, 2.45) is 0 Å². The number of rotatable bonds is 5. The van der Waals surface area contributed by atoms with E-state index in [0.29, 0.717) is 4.70 Å². The van der Waals surface area contributed by atoms with Crippen LogP contribution in [0, 0.1) is 28.8 Å². The summed E-state index contributed by atoms with van der Waals surface area (Å²) in [6.07, 6.45) is 0. The van der Waals surface area contributed by atoms with Crippen LogP contribution in [0.3, 0.4) is 0 Å². The first-order valence-corrected chi connectivity index (χ1v) is 8.66. The molecule has 0 aliphatic carbocycles. The molecule has 0 aliphatic rings. The predicted molar refractivity (Wildman–Crippen MR) is 93.1 cm³/mol. The Kier molecular flexibility index (Phi) is 5.33. The molecule has 1 heterocycles. The van der Waals surface area contributed by atoms with E-state index in [1.54, 1.807) is 19.1 Å². The van der Waals surface area contributed by atoms with Gasteiger partial charge in [0.2, 0.25) is 0 Å². The number of carbonyl (C=O) groups excluding carboxylic acids is 1. The largest absolute Gasteiger partial charge is 0.483 e. The highest BCUT2D eigenvalue weighted by atomic mass is 32.1. The Morgan fingerprint density at radius 3 is 2.52 bits per heavy atom. The van der Waals surface area contributed by atoms with Gasteiger partial charge in [-0.1, -0.05) is 6.07 Å². The van der Waals surface area contributed by atoms with Crippen molar-refractivity contribution < 1.29 is 27.4 Å². The van der Waals surface area contributed by atoms with Gasteiger partial charge in [0.05, 0.1) is 18.2 Å². The number of fused-ring (bicyclic) bond motifs is 1. The third-order valence-corrected chi connectivity index (χ3v) is 4.89. The van der Waals surface area contributed by atoms with Gasteiger partial charge in [0.1, 0.15) is 17.3 Å². The van der Waals surface area contributed by atoms with Gasteiger partial charge in [0.25, 0.3) is 0 Å². The van der Waals surface area contributed by atoms with E-state index in [0.717, 1.165) is 23.5 Å². The number of hydrogen-bond donors (Lipinski definition) is 0. The average Bonchev–Trinajstić information content (AvgIpc) is 3.01. The average molecular weight is 391 g/mol. The highest BCUT2D eigenvalue weighted by Gasteiger charge is 2.23. The second-order valence-corrected chi connectivity index (χ2v) is 6.46. The molecule has 0 radical (unpaired) electrons. The Morgan fingerprint density at radius 1 is 1.19 bits per heavy atom. The minimum Gasteiger partial charge on any atom is -0.483 e. The Bertz CT molecular complexity index is 1050. The Morgan fingerprint density at radius 2 is 1.89 bits per heavy atom. The second-order valence-electron chi connectivity index (χ2n) is 5.41. The number of benzene rings is 2. The zero-order valence-electron chi connectivity index (χ0n) is 14.0. The monoisotopic (exact) mass is 391 g/mol. The summed E-state index contributed by atoms with van der Waals surface area (Å²) in [6.45, 7) is 1.30. The minimum atomic E-state index is -1.07. The Hall–Kier alpha value is -3.05. The number of ether oxygens (including phenoxy) is 2. The first-order chi connectivity index (χ1) is 13.0. The van der Waals surface area contributed by atoms with Crippen LogP contribution in [0.4, 0.5) is 13.2 Å². The fourth-order valence-electron chi connectivity index (χ4n) is 2.57. The van der Waals surface area contributed by atoms with Crippen LogP contribution >= 0.6 is 11.3 Å². The highest BCUT2D eigenvalue weighted by molar-refractivity contribution is 7.21. The molecule has 3 rings (SSSR count). The van der Waals surface area contributed by atoms with Crippen LogP contribution < -0.4 is 4.74 Å². The molecule has 0 aliphatic heterocycles. The predicted octanol–water partition coefficient (Wildman–Crippen LogP) is 4.95. The topological polar surface area (TPSA) is 59.3 Å². The van der Waals surface area contributed by atoms with Crippen LogP contribution in [0.1, 0.15) is 27.7 Å². The summed E-state index contributed by atoms with van der Waals surface area (Å²) in [4.78, 5) is 12.3. The zero-order valence-corrected chi connectivity index (χ0v) is 14.8. The quantitative estimate of drug-likeness (QED) is 0.578. The summed E-state index contributed by atoms with van der Waals surface area (Å²) < 4.78 is 53.0. The third-order valence-electron chi connectivity index (χ3n) is 3.71. The lowest BCUT2D eigenvalue weighted by atomic mass is 10.1. The van der Waals surface area contributed by atoms with Crippen molar-refractivity contribution in [3.8, 4) is 11.8 Å². The Labute approximate surface area is 156 Å². The molecule has 8 heteroatoms. The lowest BCUT2D eigenvalue weighted by molar-refractivity contribution is 0.0529. The maximum absolute atomic E-state index is 14.3. The maximum atomic E-state index is 14.3. The van der Waals surface area contributed by atoms with Crippen LogP contribution in [0.25, 0.3) is 10.1 Å². The van der Waals surface area contributed by atoms with Crippen LogP contribution in [0.15, 0.2) is 30.3 Å². The van der Waals surface area contributed by atoms with Crippen LogP contribution in [0.5, 0.6) is 5.75 Å². The molecular formula is C19H12F3NO3S. The highest BCUT2D eigenvalue weighted by Crippen LogP contribution is 2.35. The number of carbonyl (C=O) groups is 1. The summed E-state index contributed by atoms with van der Waals surface area (Å²) in [5.41, 5.74) is -0.0497. The summed E-state index contributed by atoms with van der Waals surface area (Å²) in [7, 11) is 0. The molecule has 1 aromatic heterocycles. The van der Waals surface area contributed by atoms with Crippen LogP contribution in [-0.2, 0) is 11.3 Å². The molecule has 0 saturated carbocycles. The number of thiophene rings is 1. The number of nitrogens with zero attached hydrogens (tertiary/aromatic N) is 1. The minimum absolute atomic E-state index is 0.103. The SMILES string of the molecule is CCOC(=O)c1sc2cccc(F)c2c1COc1c(F)cc(C#N)cc1F. The normalized spacial score (nSPS) is 10.6. The molecule has 4 nitrogen and oxygen atoms in total. The zero-order chi connectivity index (χ0) is 19.6. The van der Waals surface area contributed by atoms with Gasteiger partial charge in [-0.25, -0.2) is 18.0 Å². The Balaban J connectivity index is 2.03. The lowest BCUT2D eigenvalue weighted by Gasteiger charge is -2.10. The van der Waals surface area contributed by atoms with Crippen LogP contribution in [-0.4, -0.2) is 12.6 Å². The number of nitriles is 1. The number of hydrogen-bond acceptors (Lipinski definition) is 5. The van der Waals surface area contributed by atoms with Gasteiger partial charge in [-0.2, -0.15) is 5.26 Å². The molecule has 138 valence electrons. The van der Waals surface area contributed by atoms with E-state index >= 15 is 0 Å². The van der Waals surface area contributed by atoms with Crippen molar-refractivity contribution in [2.75, 3.05) is 6.61 Å². The van der Waals surface area contributed by atoms with E-state index in [4.69, 9.17) is 14.7 Å². The standard InChI is InChI=1S/C19H12F3NO3S/c1-2-25-19(24)18-11(16-12(20)4-3-5-15(16)27-18)9-26-17-13(21)6-10(8-23)7-14(17)22/h3-7H,2,9H2,1H3. The lowest BCUT2D eigenvalue weighted by Crippen LogP contribution is -2.08. The molecule has 0 saturated heterocycles. The van der Waals surface area contributed by atoms with E-state index in [1.165, 1.54) is 12.1 Å². The molecule has 3 aromatic rings. The molecule has 0 N–H and O–H groups in total. The number of halogens is 3. The fourth-order valence-corrected chi connectivity index (χ4v) is 3.69. The van der Waals surface area contributed by atoms with Gasteiger partial charge in [-0.15, -0.1) is 11.3 Å². The van der Waals surface area contributed by atoms with Crippen LogP contribution in [0.2, 0.25) is 0 Å². The summed E-state index contributed by atoms with van der Waals surface area (Å²) >= 11 is 1.01. The molecule has 0 unspecified atom stereocenters. The van der Waals surface area contributed by atoms with Gasteiger partial charge >= 0.3 is 5.97 Å². The first kappa shape index (κ1) is 18.7. The fraction of sp³-hybridized carbons (Fsp3) is 0.158. The van der Waals surface area contributed by atoms with Crippen molar-refractivity contribution in [1.29, 1.82) is 5.26 Å². The van der Waals surface area contributed by atoms with E-state index in [-0.39, 0.29) is 28.0 Å². The summed E-state index contributed by atoms with van der Waals surface area (Å²) in [5, 5.41) is 8.88. The van der Waals surface area contributed by atoms with Crippen molar-refractivity contribution >= 4 is 27.4 Å². The van der Waals surface area contributed by atoms with Gasteiger partial charge in [0.15, 0.2) is 17.4 Å².